The van der Waals surface area contributed by atoms with Gasteiger partial charge in [-0.1, -0.05) is 19.9 Å². The molecule has 2 atom stereocenters. The molecule has 1 saturated heterocycles. The molecule has 2 aromatic rings. The van der Waals surface area contributed by atoms with Gasteiger partial charge in [0.1, 0.15) is 5.82 Å². The number of aromatic nitrogens is 3. The summed E-state index contributed by atoms with van der Waals surface area (Å²) in [5.74, 6) is 2.22. The molecule has 0 bridgehead atoms. The molecule has 2 aliphatic rings. The Labute approximate surface area is 152 Å². The molecule has 4 rings (SSSR count). The first-order valence-electron chi connectivity index (χ1n) is 9.17. The van der Waals surface area contributed by atoms with Crippen LogP contribution in [0.1, 0.15) is 61.7 Å². The molecule has 2 aliphatic heterocycles. The quantitative estimate of drug-likeness (QED) is 0.908. The third-order valence-corrected chi connectivity index (χ3v) is 6.22. The normalized spacial score (nSPS) is 20.9. The van der Waals surface area contributed by atoms with Crippen LogP contribution in [0.2, 0.25) is 0 Å². The van der Waals surface area contributed by atoms with Gasteiger partial charge in [0.25, 0.3) is 0 Å². The second-order valence-electron chi connectivity index (χ2n) is 7.27. The number of thiophene rings is 1. The van der Waals surface area contributed by atoms with Gasteiger partial charge in [0, 0.05) is 24.4 Å². The van der Waals surface area contributed by atoms with Gasteiger partial charge in [0.15, 0.2) is 5.82 Å². The number of nitrogens with zero attached hydrogens (tertiary/aromatic N) is 4. The monoisotopic (exact) mass is 359 g/mol. The predicted molar refractivity (Wildman–Crippen MR) is 97.5 cm³/mol. The van der Waals surface area contributed by atoms with Crippen LogP contribution in [0.3, 0.4) is 0 Å². The van der Waals surface area contributed by atoms with Crippen molar-refractivity contribution in [2.45, 2.75) is 58.2 Å². The zero-order valence-electron chi connectivity index (χ0n) is 14.8. The molecule has 2 amide bonds. The Morgan fingerprint density at radius 1 is 1.32 bits per heavy atom. The lowest BCUT2D eigenvalue weighted by atomic mass is 10.0. The number of hydrogen-bond acceptors (Lipinski definition) is 4. The molecule has 0 spiro atoms. The number of nitrogens with one attached hydrogen (secondary N) is 1. The number of amides is 2. The molecule has 1 fully saturated rings. The summed E-state index contributed by atoms with van der Waals surface area (Å²) in [5.41, 5.74) is 0. The molecule has 7 heteroatoms. The average molecular weight is 359 g/mol. The first kappa shape index (κ1) is 16.6. The van der Waals surface area contributed by atoms with E-state index in [1.165, 1.54) is 4.88 Å². The van der Waals surface area contributed by atoms with Crippen molar-refractivity contribution in [3.8, 4) is 0 Å². The van der Waals surface area contributed by atoms with Crippen LogP contribution in [-0.2, 0) is 13.0 Å². The van der Waals surface area contributed by atoms with Crippen LogP contribution >= 0.6 is 11.3 Å². The lowest BCUT2D eigenvalue weighted by Crippen LogP contribution is -2.43. The minimum absolute atomic E-state index is 0.0185. The van der Waals surface area contributed by atoms with E-state index >= 15 is 0 Å². The second kappa shape index (κ2) is 6.78. The Morgan fingerprint density at radius 2 is 2.20 bits per heavy atom. The molecule has 1 N–H and O–H groups in total. The third kappa shape index (κ3) is 3.05. The van der Waals surface area contributed by atoms with Crippen molar-refractivity contribution in [1.82, 2.24) is 25.0 Å². The highest BCUT2D eigenvalue weighted by atomic mass is 32.1. The van der Waals surface area contributed by atoms with Crippen molar-refractivity contribution in [3.63, 3.8) is 0 Å². The van der Waals surface area contributed by atoms with Gasteiger partial charge in [-0.15, -0.1) is 21.5 Å². The van der Waals surface area contributed by atoms with Gasteiger partial charge in [-0.2, -0.15) is 0 Å². The summed E-state index contributed by atoms with van der Waals surface area (Å²) in [6, 6.07) is 4.31. The number of carbonyl (C=O) groups is 1. The standard InChI is InChI=1S/C18H25N5OS/c1-12(2)16(17-21-20-15-8-4-10-23(15)17)19-18(24)22-9-3-6-13(22)14-7-5-11-25-14/h5,7,11-13,16H,3-4,6,8-10H2,1-2H3,(H,19,24). The maximum Gasteiger partial charge on any atom is 0.318 e. The van der Waals surface area contributed by atoms with E-state index in [9.17, 15) is 4.79 Å². The lowest BCUT2D eigenvalue weighted by molar-refractivity contribution is 0.184. The summed E-state index contributed by atoms with van der Waals surface area (Å²) in [6.07, 6.45) is 4.20. The zero-order chi connectivity index (χ0) is 17.4. The Kier molecular flexibility index (Phi) is 4.50. The van der Waals surface area contributed by atoms with Crippen molar-refractivity contribution in [3.05, 3.63) is 34.0 Å². The van der Waals surface area contributed by atoms with Crippen molar-refractivity contribution in [2.75, 3.05) is 6.54 Å². The highest BCUT2D eigenvalue weighted by Gasteiger charge is 2.34. The third-order valence-electron chi connectivity index (χ3n) is 5.25. The largest absolute Gasteiger partial charge is 0.328 e. The van der Waals surface area contributed by atoms with E-state index in [1.54, 1.807) is 11.3 Å². The summed E-state index contributed by atoms with van der Waals surface area (Å²) in [7, 11) is 0. The molecule has 0 radical (unpaired) electrons. The molecular weight excluding hydrogens is 334 g/mol. The number of likely N-dealkylation sites (tertiary alicyclic amines) is 1. The van der Waals surface area contributed by atoms with E-state index in [0.717, 1.165) is 50.4 Å². The second-order valence-corrected chi connectivity index (χ2v) is 8.25. The molecule has 25 heavy (non-hydrogen) atoms. The average Bonchev–Trinajstić information content (AvgIpc) is 3.36. The highest BCUT2D eigenvalue weighted by molar-refractivity contribution is 7.10. The fourth-order valence-corrected chi connectivity index (χ4v) is 4.81. The summed E-state index contributed by atoms with van der Waals surface area (Å²) < 4.78 is 2.19. The van der Waals surface area contributed by atoms with Crippen LogP contribution in [0.25, 0.3) is 0 Å². The van der Waals surface area contributed by atoms with Crippen molar-refractivity contribution in [1.29, 1.82) is 0 Å². The molecule has 4 heterocycles. The number of rotatable bonds is 4. The minimum atomic E-state index is -0.101. The minimum Gasteiger partial charge on any atom is -0.328 e. The van der Waals surface area contributed by atoms with Crippen LogP contribution in [0.4, 0.5) is 4.79 Å². The van der Waals surface area contributed by atoms with E-state index in [4.69, 9.17) is 0 Å². The van der Waals surface area contributed by atoms with Crippen LogP contribution < -0.4 is 5.32 Å². The van der Waals surface area contributed by atoms with Gasteiger partial charge in [-0.05, 0) is 36.6 Å². The summed E-state index contributed by atoms with van der Waals surface area (Å²) in [6.45, 7) is 6.03. The smallest absolute Gasteiger partial charge is 0.318 e. The van der Waals surface area contributed by atoms with Crippen molar-refractivity contribution >= 4 is 17.4 Å². The maximum atomic E-state index is 13.0. The molecule has 0 aromatic carbocycles. The van der Waals surface area contributed by atoms with E-state index in [0.29, 0.717) is 0 Å². The highest BCUT2D eigenvalue weighted by Crippen LogP contribution is 2.35. The Balaban J connectivity index is 1.53. The van der Waals surface area contributed by atoms with Gasteiger partial charge in [-0.3, -0.25) is 0 Å². The van der Waals surface area contributed by atoms with Crippen LogP contribution in [0, 0.1) is 5.92 Å². The van der Waals surface area contributed by atoms with Gasteiger partial charge in [-0.25, -0.2) is 4.79 Å². The fraction of sp³-hybridized carbons (Fsp3) is 0.611. The molecule has 2 aromatic heterocycles. The fourth-order valence-electron chi connectivity index (χ4n) is 3.93. The Morgan fingerprint density at radius 3 is 2.96 bits per heavy atom. The molecule has 0 aliphatic carbocycles. The first-order chi connectivity index (χ1) is 12.1. The number of fused-ring (bicyclic) bond motifs is 1. The first-order valence-corrected chi connectivity index (χ1v) is 10.1. The van der Waals surface area contributed by atoms with Crippen molar-refractivity contribution < 1.29 is 4.79 Å². The Bertz CT molecular complexity index is 739. The summed E-state index contributed by atoms with van der Waals surface area (Å²) >= 11 is 1.73. The maximum absolute atomic E-state index is 13.0. The van der Waals surface area contributed by atoms with E-state index < -0.39 is 0 Å². The van der Waals surface area contributed by atoms with Crippen LogP contribution in [-0.4, -0.2) is 32.2 Å². The van der Waals surface area contributed by atoms with Crippen molar-refractivity contribution in [2.24, 2.45) is 5.92 Å². The molecular formula is C18H25N5OS. The topological polar surface area (TPSA) is 63.1 Å². The van der Waals surface area contributed by atoms with E-state index in [-0.39, 0.29) is 24.0 Å². The zero-order valence-corrected chi connectivity index (χ0v) is 15.6. The molecule has 6 nitrogen and oxygen atoms in total. The predicted octanol–water partition coefficient (Wildman–Crippen LogP) is 3.53. The molecule has 2 unspecified atom stereocenters. The van der Waals surface area contributed by atoms with Crippen LogP contribution in [0.15, 0.2) is 17.5 Å². The van der Waals surface area contributed by atoms with Gasteiger partial charge >= 0.3 is 6.03 Å². The van der Waals surface area contributed by atoms with E-state index in [2.05, 4.69) is 51.4 Å². The number of hydrogen-bond donors (Lipinski definition) is 1. The lowest BCUT2D eigenvalue weighted by Gasteiger charge is -2.28. The number of carbonyl (C=O) groups excluding carboxylic acids is 1. The van der Waals surface area contributed by atoms with Gasteiger partial charge in [0.2, 0.25) is 0 Å². The Hall–Kier alpha value is -1.89. The van der Waals surface area contributed by atoms with Gasteiger partial charge < -0.3 is 14.8 Å². The summed E-state index contributed by atoms with van der Waals surface area (Å²) in [5, 5.41) is 14.0. The number of urea groups is 1. The SMILES string of the molecule is CC(C)C(NC(=O)N1CCCC1c1cccs1)c1nnc2n1CCC2. The summed E-state index contributed by atoms with van der Waals surface area (Å²) in [4.78, 5) is 16.3. The molecule has 0 saturated carbocycles. The number of aryl methyl sites for hydroxylation is 1. The molecule has 134 valence electrons. The van der Waals surface area contributed by atoms with Crippen LogP contribution in [0.5, 0.6) is 0 Å². The van der Waals surface area contributed by atoms with Gasteiger partial charge in [0.05, 0.1) is 12.1 Å². The van der Waals surface area contributed by atoms with E-state index in [1.807, 2.05) is 4.90 Å².